The first-order valence-electron chi connectivity index (χ1n) is 8.42. The van der Waals surface area contributed by atoms with Crippen molar-refractivity contribution in [1.29, 1.82) is 0 Å². The molecule has 1 aliphatic rings. The van der Waals surface area contributed by atoms with Gasteiger partial charge in [0.1, 0.15) is 11.7 Å². The Morgan fingerprint density at radius 1 is 1.19 bits per heavy atom. The molecule has 0 spiro atoms. The molecule has 3 aromatic rings. The fourth-order valence-electron chi connectivity index (χ4n) is 3.77. The van der Waals surface area contributed by atoms with Crippen LogP contribution in [0.25, 0.3) is 0 Å². The van der Waals surface area contributed by atoms with Crippen LogP contribution in [0.3, 0.4) is 0 Å². The van der Waals surface area contributed by atoms with Crippen molar-refractivity contribution in [2.24, 2.45) is 5.73 Å². The molecule has 2 heterocycles. The SMILES string of the molecule is COc1c(C)cc(C2(c3cccc(Br)c3)NC(N)c3nccnc32)cc1F. The maximum absolute atomic E-state index is 14.8. The summed E-state index contributed by atoms with van der Waals surface area (Å²) in [5.74, 6) is -0.209. The molecule has 27 heavy (non-hydrogen) atoms. The van der Waals surface area contributed by atoms with Crippen LogP contribution >= 0.6 is 15.9 Å². The first-order chi connectivity index (χ1) is 13.0. The number of ether oxygens (including phenoxy) is 1. The highest BCUT2D eigenvalue weighted by atomic mass is 79.9. The molecule has 4 rings (SSSR count). The molecule has 0 bridgehead atoms. The monoisotopic (exact) mass is 428 g/mol. The Labute approximate surface area is 164 Å². The summed E-state index contributed by atoms with van der Waals surface area (Å²) in [6.45, 7) is 1.81. The van der Waals surface area contributed by atoms with Crippen molar-refractivity contribution in [2.45, 2.75) is 18.6 Å². The van der Waals surface area contributed by atoms with Gasteiger partial charge < -0.3 is 10.5 Å². The molecule has 0 aliphatic carbocycles. The Hall–Kier alpha value is -2.35. The molecule has 2 unspecified atom stereocenters. The average Bonchev–Trinajstić information content (AvgIpc) is 2.96. The van der Waals surface area contributed by atoms with Gasteiger partial charge in [-0.3, -0.25) is 15.3 Å². The number of methoxy groups -OCH3 is 1. The zero-order chi connectivity index (χ0) is 19.2. The van der Waals surface area contributed by atoms with E-state index in [2.05, 4.69) is 31.2 Å². The van der Waals surface area contributed by atoms with E-state index in [1.54, 1.807) is 12.4 Å². The van der Waals surface area contributed by atoms with Gasteiger partial charge in [-0.05, 0) is 47.9 Å². The van der Waals surface area contributed by atoms with E-state index in [9.17, 15) is 4.39 Å². The lowest BCUT2D eigenvalue weighted by atomic mass is 9.80. The molecule has 7 heteroatoms. The molecule has 0 radical (unpaired) electrons. The van der Waals surface area contributed by atoms with Crippen LogP contribution in [0.2, 0.25) is 0 Å². The molecule has 1 aliphatic heterocycles. The van der Waals surface area contributed by atoms with E-state index in [1.165, 1.54) is 13.2 Å². The van der Waals surface area contributed by atoms with Gasteiger partial charge in [0.15, 0.2) is 11.6 Å². The predicted octanol–water partition coefficient (Wildman–Crippen LogP) is 3.55. The highest BCUT2D eigenvalue weighted by molar-refractivity contribution is 9.10. The van der Waals surface area contributed by atoms with E-state index in [-0.39, 0.29) is 5.75 Å². The summed E-state index contributed by atoms with van der Waals surface area (Å²) in [5.41, 5.74) is 8.97. The van der Waals surface area contributed by atoms with E-state index in [0.29, 0.717) is 22.5 Å². The fourth-order valence-corrected chi connectivity index (χ4v) is 4.17. The lowest BCUT2D eigenvalue weighted by molar-refractivity contribution is 0.380. The predicted molar refractivity (Wildman–Crippen MR) is 104 cm³/mol. The van der Waals surface area contributed by atoms with E-state index in [0.717, 1.165) is 10.0 Å². The molecule has 0 amide bonds. The summed E-state index contributed by atoms with van der Waals surface area (Å²) in [5, 5.41) is 3.41. The molecule has 0 saturated carbocycles. The van der Waals surface area contributed by atoms with Crippen molar-refractivity contribution in [3.8, 4) is 5.75 Å². The number of nitrogens with zero attached hydrogens (tertiary/aromatic N) is 2. The third kappa shape index (κ3) is 2.74. The highest BCUT2D eigenvalue weighted by Crippen LogP contribution is 2.45. The molecule has 0 fully saturated rings. The fraction of sp³-hybridized carbons (Fsp3) is 0.200. The van der Waals surface area contributed by atoms with Gasteiger partial charge >= 0.3 is 0 Å². The maximum atomic E-state index is 14.8. The zero-order valence-corrected chi connectivity index (χ0v) is 16.4. The highest BCUT2D eigenvalue weighted by Gasteiger charge is 2.48. The lowest BCUT2D eigenvalue weighted by Crippen LogP contribution is -2.43. The minimum atomic E-state index is -0.926. The van der Waals surface area contributed by atoms with E-state index >= 15 is 0 Å². The summed E-state index contributed by atoms with van der Waals surface area (Å²) in [6, 6.07) is 11.2. The standard InChI is InChI=1S/C20H18BrFN4O/c1-11-8-13(10-15(22)17(11)27-2)20(12-4-3-5-14(21)9-12)18-16(19(23)26-20)24-6-7-25-18/h3-10,19,26H,23H2,1-2H3. The molecular formula is C20H18BrFN4O. The quantitative estimate of drug-likeness (QED) is 0.667. The third-order valence-corrected chi connectivity index (χ3v) is 5.37. The Morgan fingerprint density at radius 3 is 2.67 bits per heavy atom. The number of aromatic nitrogens is 2. The number of halogens is 2. The number of fused-ring (bicyclic) bond motifs is 1. The van der Waals surface area contributed by atoms with Gasteiger partial charge in [0, 0.05) is 16.9 Å². The van der Waals surface area contributed by atoms with E-state index in [4.69, 9.17) is 10.5 Å². The number of hydrogen-bond donors (Lipinski definition) is 2. The van der Waals surface area contributed by atoms with Crippen LogP contribution in [-0.2, 0) is 5.54 Å². The number of nitrogens with one attached hydrogen (secondary N) is 1. The Kier molecular flexibility index (Phi) is 4.46. The summed E-state index contributed by atoms with van der Waals surface area (Å²) in [4.78, 5) is 8.98. The van der Waals surface area contributed by atoms with Gasteiger partial charge in [0.05, 0.1) is 18.5 Å². The molecule has 3 N–H and O–H groups in total. The number of nitrogens with two attached hydrogens (primary N) is 1. The summed E-state index contributed by atoms with van der Waals surface area (Å²) >= 11 is 3.52. The molecule has 5 nitrogen and oxygen atoms in total. The van der Waals surface area contributed by atoms with Gasteiger partial charge in [0.25, 0.3) is 0 Å². The van der Waals surface area contributed by atoms with Crippen molar-refractivity contribution < 1.29 is 9.13 Å². The smallest absolute Gasteiger partial charge is 0.165 e. The first kappa shape index (κ1) is 18.0. The molecule has 0 saturated heterocycles. The van der Waals surface area contributed by atoms with Crippen molar-refractivity contribution in [2.75, 3.05) is 7.11 Å². The topological polar surface area (TPSA) is 73.1 Å². The largest absolute Gasteiger partial charge is 0.493 e. The van der Waals surface area contributed by atoms with Crippen LogP contribution in [0.4, 0.5) is 4.39 Å². The second-order valence-electron chi connectivity index (χ2n) is 6.48. The van der Waals surface area contributed by atoms with Crippen LogP contribution < -0.4 is 15.8 Å². The first-order valence-corrected chi connectivity index (χ1v) is 9.22. The Morgan fingerprint density at radius 2 is 1.96 bits per heavy atom. The molecule has 1 aromatic heterocycles. The average molecular weight is 429 g/mol. The second-order valence-corrected chi connectivity index (χ2v) is 7.40. The van der Waals surface area contributed by atoms with Gasteiger partial charge in [-0.25, -0.2) is 4.39 Å². The summed E-state index contributed by atoms with van der Waals surface area (Å²) < 4.78 is 20.9. The number of rotatable bonds is 3. The van der Waals surface area contributed by atoms with Gasteiger partial charge in [-0.15, -0.1) is 0 Å². The van der Waals surface area contributed by atoms with Crippen LogP contribution in [0.5, 0.6) is 5.75 Å². The molecule has 2 atom stereocenters. The minimum Gasteiger partial charge on any atom is -0.493 e. The molecular weight excluding hydrogens is 411 g/mol. The van der Waals surface area contributed by atoms with E-state index in [1.807, 2.05) is 37.3 Å². The Balaban J connectivity index is 2.06. The summed E-state index contributed by atoms with van der Waals surface area (Å²) in [7, 11) is 1.46. The van der Waals surface area contributed by atoms with E-state index < -0.39 is 17.5 Å². The number of hydrogen-bond acceptors (Lipinski definition) is 5. The lowest BCUT2D eigenvalue weighted by Gasteiger charge is -2.32. The molecule has 138 valence electrons. The van der Waals surface area contributed by atoms with Gasteiger partial charge in [0.2, 0.25) is 0 Å². The maximum Gasteiger partial charge on any atom is 0.165 e. The van der Waals surface area contributed by atoms with Gasteiger partial charge in [-0.2, -0.15) is 0 Å². The molecule has 2 aromatic carbocycles. The number of aryl methyl sites for hydroxylation is 1. The van der Waals surface area contributed by atoms with Crippen LogP contribution in [-0.4, -0.2) is 17.1 Å². The normalized spacial score (nSPS) is 21.1. The summed E-state index contributed by atoms with van der Waals surface area (Å²) in [6.07, 6.45) is 2.70. The number of benzene rings is 2. The van der Waals surface area contributed by atoms with Crippen LogP contribution in [0, 0.1) is 12.7 Å². The van der Waals surface area contributed by atoms with Crippen molar-refractivity contribution in [3.63, 3.8) is 0 Å². The van der Waals surface area contributed by atoms with Gasteiger partial charge in [-0.1, -0.05) is 28.1 Å². The van der Waals surface area contributed by atoms with Crippen molar-refractivity contribution in [3.05, 3.63) is 87.2 Å². The Bertz CT molecular complexity index is 1010. The second kappa shape index (κ2) is 6.67. The third-order valence-electron chi connectivity index (χ3n) is 4.87. The van der Waals surface area contributed by atoms with Crippen molar-refractivity contribution >= 4 is 15.9 Å². The van der Waals surface area contributed by atoms with Crippen LogP contribution in [0.15, 0.2) is 53.3 Å². The minimum absolute atomic E-state index is 0.227. The zero-order valence-electron chi connectivity index (χ0n) is 14.8. The van der Waals surface area contributed by atoms with Crippen LogP contribution in [0.1, 0.15) is 34.2 Å². The van der Waals surface area contributed by atoms with Crippen molar-refractivity contribution in [1.82, 2.24) is 15.3 Å².